The number of rotatable bonds is 6. The number of aliphatic hydroxyl groups is 1. The average Bonchev–Trinajstić information content (AvgIpc) is 3.21. The molecule has 2 aromatic rings. The molecule has 0 aliphatic carbocycles. The lowest BCUT2D eigenvalue weighted by molar-refractivity contribution is -0.168. The van der Waals surface area contributed by atoms with Crippen LogP contribution in [0.5, 0.6) is 0 Å². The number of carbonyl (C=O) groups excluding carboxylic acids is 1. The quantitative estimate of drug-likeness (QED) is 0.795. The Kier molecular flexibility index (Phi) is 4.78. The monoisotopic (exact) mass is 355 g/mol. The van der Waals surface area contributed by atoms with E-state index >= 15 is 0 Å². The lowest BCUT2D eigenvalue weighted by Gasteiger charge is -2.45. The second-order valence-corrected chi connectivity index (χ2v) is 7.42. The van der Waals surface area contributed by atoms with Crippen molar-refractivity contribution in [2.75, 3.05) is 26.2 Å². The Balaban J connectivity index is 1.62. The summed E-state index contributed by atoms with van der Waals surface area (Å²) in [6, 6.07) is 9.43. The molecule has 6 nitrogen and oxygen atoms in total. The normalized spacial score (nSPS) is 27.0. The highest BCUT2D eigenvalue weighted by atomic mass is 16.5. The first-order valence-electron chi connectivity index (χ1n) is 9.27. The van der Waals surface area contributed by atoms with Crippen molar-refractivity contribution in [1.29, 1.82) is 0 Å². The summed E-state index contributed by atoms with van der Waals surface area (Å²) >= 11 is 0. The summed E-state index contributed by atoms with van der Waals surface area (Å²) < 4.78 is 7.83. The largest absolute Gasteiger partial charge is 0.460 e. The summed E-state index contributed by atoms with van der Waals surface area (Å²) in [6.45, 7) is 2.98. The van der Waals surface area contributed by atoms with Gasteiger partial charge in [-0.05, 0) is 37.4 Å². The number of hydrogen-bond donors (Lipinski definition) is 1. The fourth-order valence-corrected chi connectivity index (χ4v) is 4.22. The molecule has 0 radical (unpaired) electrons. The molecular weight excluding hydrogens is 330 g/mol. The van der Waals surface area contributed by atoms with E-state index in [0.717, 1.165) is 38.0 Å². The number of fused-ring (bicyclic) bond motifs is 3. The highest BCUT2D eigenvalue weighted by Crippen LogP contribution is 2.33. The molecule has 0 spiro atoms. The molecule has 3 fully saturated rings. The van der Waals surface area contributed by atoms with Crippen molar-refractivity contribution in [3.63, 3.8) is 0 Å². The maximum Gasteiger partial charge on any atom is 0.321 e. The van der Waals surface area contributed by atoms with Gasteiger partial charge in [-0.1, -0.05) is 30.3 Å². The van der Waals surface area contributed by atoms with Crippen molar-refractivity contribution in [1.82, 2.24) is 14.5 Å². The molecule has 1 aromatic heterocycles. The second-order valence-electron chi connectivity index (χ2n) is 7.42. The summed E-state index contributed by atoms with van der Waals surface area (Å²) in [5.41, 5.74) is -0.365. The minimum absolute atomic E-state index is 0.0811. The van der Waals surface area contributed by atoms with E-state index in [4.69, 9.17) is 4.74 Å². The van der Waals surface area contributed by atoms with Crippen LogP contribution in [0, 0.1) is 5.92 Å². The summed E-state index contributed by atoms with van der Waals surface area (Å²) in [7, 11) is 0. The predicted octanol–water partition coefficient (Wildman–Crippen LogP) is 1.45. The number of piperidine rings is 3. The number of aromatic nitrogens is 2. The van der Waals surface area contributed by atoms with E-state index < -0.39 is 5.41 Å². The molecular formula is C20H25N3O3. The Morgan fingerprint density at radius 2 is 2.04 bits per heavy atom. The Morgan fingerprint density at radius 3 is 2.62 bits per heavy atom. The van der Waals surface area contributed by atoms with Gasteiger partial charge in [0.15, 0.2) is 0 Å². The van der Waals surface area contributed by atoms with Crippen LogP contribution in [-0.4, -0.2) is 57.9 Å². The van der Waals surface area contributed by atoms with Gasteiger partial charge in [-0.3, -0.25) is 9.69 Å². The molecule has 2 atom stereocenters. The van der Waals surface area contributed by atoms with Gasteiger partial charge in [0.05, 0.1) is 12.9 Å². The molecule has 3 aliphatic rings. The smallest absolute Gasteiger partial charge is 0.321 e. The zero-order valence-electron chi connectivity index (χ0n) is 14.8. The van der Waals surface area contributed by atoms with Gasteiger partial charge in [0.1, 0.15) is 11.5 Å². The van der Waals surface area contributed by atoms with Gasteiger partial charge in [-0.2, -0.15) is 0 Å². The van der Waals surface area contributed by atoms with Gasteiger partial charge in [0, 0.05) is 25.5 Å². The molecule has 1 N–H and O–H groups in total. The average molecular weight is 355 g/mol. The maximum absolute atomic E-state index is 13.3. The van der Waals surface area contributed by atoms with E-state index in [2.05, 4.69) is 9.88 Å². The highest BCUT2D eigenvalue weighted by Gasteiger charge is 2.45. The number of imidazole rings is 1. The van der Waals surface area contributed by atoms with Crippen LogP contribution in [0.2, 0.25) is 0 Å². The van der Waals surface area contributed by atoms with Gasteiger partial charge in [0.2, 0.25) is 0 Å². The van der Waals surface area contributed by atoms with E-state index in [9.17, 15) is 9.90 Å². The first-order valence-corrected chi connectivity index (χ1v) is 9.27. The molecule has 5 rings (SSSR count). The number of esters is 1. The fraction of sp³-hybridized carbons (Fsp3) is 0.500. The van der Waals surface area contributed by atoms with Crippen LogP contribution in [0.1, 0.15) is 18.4 Å². The Bertz CT molecular complexity index is 726. The highest BCUT2D eigenvalue weighted by molar-refractivity contribution is 5.83. The number of benzene rings is 1. The van der Waals surface area contributed by atoms with Crippen LogP contribution < -0.4 is 0 Å². The zero-order valence-corrected chi connectivity index (χ0v) is 14.8. The van der Waals surface area contributed by atoms with Crippen molar-refractivity contribution in [2.45, 2.75) is 30.9 Å². The molecule has 0 saturated carbocycles. The summed E-state index contributed by atoms with van der Waals surface area (Å²) in [6.07, 6.45) is 7.21. The first-order chi connectivity index (χ1) is 12.7. The Morgan fingerprint density at radius 1 is 1.27 bits per heavy atom. The SMILES string of the molecule is O=C(OC1CN2CCC1CC2)[C@@](CO)(Cn1ccnc1)c1ccccc1. The fourth-order valence-electron chi connectivity index (χ4n) is 4.22. The van der Waals surface area contributed by atoms with E-state index in [1.54, 1.807) is 18.7 Å². The molecule has 1 aromatic carbocycles. The molecule has 6 heteroatoms. The van der Waals surface area contributed by atoms with Crippen molar-refractivity contribution in [2.24, 2.45) is 5.92 Å². The van der Waals surface area contributed by atoms with Gasteiger partial charge < -0.3 is 14.4 Å². The minimum Gasteiger partial charge on any atom is -0.460 e. The van der Waals surface area contributed by atoms with Crippen LogP contribution >= 0.6 is 0 Å². The molecule has 3 aliphatic heterocycles. The number of aliphatic hydroxyl groups excluding tert-OH is 1. The maximum atomic E-state index is 13.3. The number of hydrogen-bond acceptors (Lipinski definition) is 5. The van der Waals surface area contributed by atoms with Gasteiger partial charge in [-0.15, -0.1) is 0 Å². The lowest BCUT2D eigenvalue weighted by atomic mass is 9.80. The Hall–Kier alpha value is -2.18. The Labute approximate surface area is 153 Å². The van der Waals surface area contributed by atoms with Crippen molar-refractivity contribution >= 4 is 5.97 Å². The number of ether oxygens (including phenoxy) is 1. The van der Waals surface area contributed by atoms with E-state index in [0.29, 0.717) is 12.5 Å². The predicted molar refractivity (Wildman–Crippen MR) is 96.5 cm³/mol. The molecule has 3 saturated heterocycles. The van der Waals surface area contributed by atoms with Gasteiger partial charge in [-0.25, -0.2) is 4.98 Å². The van der Waals surface area contributed by atoms with Crippen molar-refractivity contribution in [3.05, 3.63) is 54.6 Å². The van der Waals surface area contributed by atoms with Gasteiger partial charge >= 0.3 is 5.97 Å². The van der Waals surface area contributed by atoms with Crippen LogP contribution in [-0.2, 0) is 21.5 Å². The molecule has 0 amide bonds. The lowest BCUT2D eigenvalue weighted by Crippen LogP contribution is -2.54. The van der Waals surface area contributed by atoms with E-state index in [1.165, 1.54) is 0 Å². The molecule has 138 valence electrons. The molecule has 26 heavy (non-hydrogen) atoms. The molecule has 1 unspecified atom stereocenters. The van der Waals surface area contributed by atoms with Crippen LogP contribution in [0.3, 0.4) is 0 Å². The second kappa shape index (κ2) is 7.21. The molecule has 2 bridgehead atoms. The first kappa shape index (κ1) is 17.2. The molecule has 4 heterocycles. The number of carbonyl (C=O) groups is 1. The topological polar surface area (TPSA) is 67.6 Å². The van der Waals surface area contributed by atoms with E-state index in [1.807, 2.05) is 34.9 Å². The van der Waals surface area contributed by atoms with Crippen LogP contribution in [0.15, 0.2) is 49.1 Å². The summed E-state index contributed by atoms with van der Waals surface area (Å²) in [4.78, 5) is 19.8. The number of nitrogens with zero attached hydrogens (tertiary/aromatic N) is 3. The third kappa shape index (κ3) is 3.15. The summed E-state index contributed by atoms with van der Waals surface area (Å²) in [5.74, 6) is 0.0861. The zero-order chi connectivity index (χ0) is 18.0. The minimum atomic E-state index is -1.13. The van der Waals surface area contributed by atoms with Crippen LogP contribution in [0.25, 0.3) is 0 Å². The summed E-state index contributed by atoms with van der Waals surface area (Å²) in [5, 5.41) is 10.3. The third-order valence-electron chi connectivity index (χ3n) is 5.85. The standard InChI is InChI=1S/C20H25N3O3/c24-14-20(13-23-11-8-21-15-23,17-4-2-1-3-5-17)19(25)26-18-12-22-9-6-16(18)7-10-22/h1-5,8,11,15-16,18,24H,6-7,9-10,12-14H2/t18?,20-/m1/s1. The van der Waals surface area contributed by atoms with Crippen LogP contribution in [0.4, 0.5) is 0 Å². The van der Waals surface area contributed by atoms with Crippen molar-refractivity contribution in [3.8, 4) is 0 Å². The van der Waals surface area contributed by atoms with Gasteiger partial charge in [0.25, 0.3) is 0 Å². The third-order valence-corrected chi connectivity index (χ3v) is 5.85. The van der Waals surface area contributed by atoms with E-state index in [-0.39, 0.29) is 18.7 Å². The van der Waals surface area contributed by atoms with Crippen molar-refractivity contribution < 1.29 is 14.6 Å².